The van der Waals surface area contributed by atoms with E-state index in [1.807, 2.05) is 30.3 Å². The Balaban J connectivity index is 1.28. The second-order valence-electron chi connectivity index (χ2n) is 8.26. The van der Waals surface area contributed by atoms with Gasteiger partial charge >= 0.3 is 6.18 Å². The molecule has 1 saturated heterocycles. The molecule has 0 bridgehead atoms. The monoisotopic (exact) mass is 441 g/mol. The van der Waals surface area contributed by atoms with Gasteiger partial charge in [0.1, 0.15) is 6.10 Å². The van der Waals surface area contributed by atoms with Crippen molar-refractivity contribution >= 4 is 5.91 Å². The van der Waals surface area contributed by atoms with E-state index in [9.17, 15) is 18.0 Å². The zero-order valence-corrected chi connectivity index (χ0v) is 17.3. The van der Waals surface area contributed by atoms with Crippen LogP contribution in [0.3, 0.4) is 0 Å². The van der Waals surface area contributed by atoms with E-state index in [2.05, 4.69) is 5.10 Å². The topological polar surface area (TPSA) is 47.4 Å². The summed E-state index contributed by atoms with van der Waals surface area (Å²) < 4.78 is 46.9. The predicted molar refractivity (Wildman–Crippen MR) is 111 cm³/mol. The number of nitrogens with zero attached hydrogens (tertiary/aromatic N) is 3. The van der Waals surface area contributed by atoms with Gasteiger partial charge in [-0.1, -0.05) is 48.5 Å². The third kappa shape index (κ3) is 3.97. The Hall–Kier alpha value is -3.29. The Morgan fingerprint density at radius 2 is 1.75 bits per heavy atom. The molecule has 2 aliphatic rings. The number of hydrogen-bond donors (Lipinski definition) is 0. The number of fused-ring (bicyclic) bond motifs is 1. The van der Waals surface area contributed by atoms with E-state index in [0.29, 0.717) is 43.2 Å². The SMILES string of the molecule is O=C(c1cc2n(n1)CCC(c1ccccc1)O2)N1CCC(c2cccc(C(F)(F)F)c2)C1. The zero-order chi connectivity index (χ0) is 22.3. The van der Waals surface area contributed by atoms with Crippen LogP contribution in [0, 0.1) is 0 Å². The van der Waals surface area contributed by atoms with Gasteiger partial charge in [0.05, 0.1) is 5.56 Å². The van der Waals surface area contributed by atoms with Gasteiger partial charge in [-0.3, -0.25) is 4.79 Å². The Labute approximate surface area is 183 Å². The molecule has 0 saturated carbocycles. The number of amides is 1. The molecule has 8 heteroatoms. The van der Waals surface area contributed by atoms with Crippen LogP contribution in [-0.2, 0) is 12.7 Å². The second kappa shape index (κ2) is 8.00. The van der Waals surface area contributed by atoms with Gasteiger partial charge < -0.3 is 9.64 Å². The number of halogens is 3. The van der Waals surface area contributed by atoms with Crippen molar-refractivity contribution in [2.45, 2.75) is 37.6 Å². The van der Waals surface area contributed by atoms with Crippen molar-refractivity contribution in [1.82, 2.24) is 14.7 Å². The van der Waals surface area contributed by atoms with Crippen LogP contribution in [0.25, 0.3) is 0 Å². The van der Waals surface area contributed by atoms with Crippen LogP contribution in [0.2, 0.25) is 0 Å². The summed E-state index contributed by atoms with van der Waals surface area (Å²) in [4.78, 5) is 14.7. The molecule has 2 aliphatic heterocycles. The predicted octanol–water partition coefficient (Wildman–Crippen LogP) is 5.06. The second-order valence-corrected chi connectivity index (χ2v) is 8.26. The van der Waals surface area contributed by atoms with Crippen LogP contribution >= 0.6 is 0 Å². The molecule has 5 nitrogen and oxygen atoms in total. The summed E-state index contributed by atoms with van der Waals surface area (Å²) in [6, 6.07) is 17.0. The number of ether oxygens (including phenoxy) is 1. The Kier molecular flexibility index (Phi) is 5.15. The van der Waals surface area contributed by atoms with E-state index in [4.69, 9.17) is 4.74 Å². The van der Waals surface area contributed by atoms with Crippen LogP contribution in [0.4, 0.5) is 13.2 Å². The fraction of sp³-hybridized carbons (Fsp3) is 0.333. The average molecular weight is 441 g/mol. The van der Waals surface area contributed by atoms with E-state index in [-0.39, 0.29) is 17.9 Å². The van der Waals surface area contributed by atoms with Crippen molar-refractivity contribution in [1.29, 1.82) is 0 Å². The summed E-state index contributed by atoms with van der Waals surface area (Å²) in [5.74, 6) is 0.209. The lowest BCUT2D eigenvalue weighted by molar-refractivity contribution is -0.137. The number of carbonyl (C=O) groups excluding carboxylic acids is 1. The van der Waals surface area contributed by atoms with Crippen molar-refractivity contribution < 1.29 is 22.7 Å². The number of benzene rings is 2. The Morgan fingerprint density at radius 3 is 2.53 bits per heavy atom. The van der Waals surface area contributed by atoms with Gasteiger partial charge in [0.15, 0.2) is 5.69 Å². The number of alkyl halides is 3. The van der Waals surface area contributed by atoms with Crippen LogP contribution in [0.5, 0.6) is 5.88 Å². The maximum absolute atomic E-state index is 13.0. The Morgan fingerprint density at radius 1 is 0.969 bits per heavy atom. The summed E-state index contributed by atoms with van der Waals surface area (Å²) in [7, 11) is 0. The van der Waals surface area contributed by atoms with E-state index in [1.165, 1.54) is 12.1 Å². The van der Waals surface area contributed by atoms with Gasteiger partial charge in [-0.2, -0.15) is 18.3 Å². The molecule has 1 aromatic heterocycles. The highest BCUT2D eigenvalue weighted by Gasteiger charge is 2.34. The van der Waals surface area contributed by atoms with E-state index in [0.717, 1.165) is 18.1 Å². The van der Waals surface area contributed by atoms with Gasteiger partial charge in [-0.25, -0.2) is 4.68 Å². The minimum atomic E-state index is -4.38. The molecule has 2 atom stereocenters. The maximum Gasteiger partial charge on any atom is 0.416 e. The third-order valence-electron chi connectivity index (χ3n) is 6.16. The fourth-order valence-corrected chi connectivity index (χ4v) is 4.45. The first kappa shape index (κ1) is 20.6. The summed E-state index contributed by atoms with van der Waals surface area (Å²) in [6.07, 6.45) is -3.08. The molecule has 5 rings (SSSR count). The number of aromatic nitrogens is 2. The smallest absolute Gasteiger partial charge is 0.416 e. The minimum Gasteiger partial charge on any atom is -0.470 e. The standard InChI is InChI=1S/C24H22F3N3O2/c25-24(26,27)19-8-4-7-17(13-19)18-9-11-29(15-18)23(31)20-14-22-30(28-20)12-10-21(32-22)16-5-2-1-3-6-16/h1-8,13-14,18,21H,9-12,15H2. The molecule has 3 heterocycles. The number of carbonyl (C=O) groups is 1. The summed E-state index contributed by atoms with van der Waals surface area (Å²) in [6.45, 7) is 1.50. The molecule has 2 aromatic carbocycles. The van der Waals surface area contributed by atoms with E-state index >= 15 is 0 Å². The van der Waals surface area contributed by atoms with Crippen LogP contribution < -0.4 is 4.74 Å². The van der Waals surface area contributed by atoms with Crippen molar-refractivity contribution in [3.05, 3.63) is 83.0 Å². The van der Waals surface area contributed by atoms with Crippen molar-refractivity contribution in [2.24, 2.45) is 0 Å². The van der Waals surface area contributed by atoms with Crippen LogP contribution in [0.15, 0.2) is 60.7 Å². The first-order valence-electron chi connectivity index (χ1n) is 10.6. The zero-order valence-electron chi connectivity index (χ0n) is 17.3. The molecule has 0 N–H and O–H groups in total. The number of hydrogen-bond acceptors (Lipinski definition) is 3. The van der Waals surface area contributed by atoms with Crippen LogP contribution in [0.1, 0.15) is 52.0 Å². The number of rotatable bonds is 3. The third-order valence-corrected chi connectivity index (χ3v) is 6.16. The Bertz CT molecular complexity index is 1130. The van der Waals surface area contributed by atoms with Gasteiger partial charge in [0.25, 0.3) is 5.91 Å². The lowest BCUT2D eigenvalue weighted by Gasteiger charge is -2.24. The molecule has 1 amide bonds. The first-order valence-corrected chi connectivity index (χ1v) is 10.6. The van der Waals surface area contributed by atoms with Gasteiger partial charge in [0, 0.05) is 38.0 Å². The molecular formula is C24H22F3N3O2. The lowest BCUT2D eigenvalue weighted by Crippen LogP contribution is -2.29. The van der Waals surface area contributed by atoms with Crippen molar-refractivity contribution in [3.8, 4) is 5.88 Å². The number of aryl methyl sites for hydroxylation is 1. The summed E-state index contributed by atoms with van der Waals surface area (Å²) >= 11 is 0. The highest BCUT2D eigenvalue weighted by atomic mass is 19.4. The van der Waals surface area contributed by atoms with Gasteiger partial charge in [0.2, 0.25) is 5.88 Å². The quantitative estimate of drug-likeness (QED) is 0.571. The molecule has 2 unspecified atom stereocenters. The molecule has 1 fully saturated rings. The van der Waals surface area contributed by atoms with Gasteiger partial charge in [-0.15, -0.1) is 0 Å². The normalized spacial score (nSPS) is 20.7. The molecule has 0 aliphatic carbocycles. The molecule has 166 valence electrons. The highest BCUT2D eigenvalue weighted by molar-refractivity contribution is 5.93. The molecule has 0 spiro atoms. The highest BCUT2D eigenvalue weighted by Crippen LogP contribution is 2.35. The summed E-state index contributed by atoms with van der Waals surface area (Å²) in [5, 5.41) is 4.42. The molecular weight excluding hydrogens is 419 g/mol. The average Bonchev–Trinajstić information content (AvgIpc) is 3.46. The molecule has 32 heavy (non-hydrogen) atoms. The van der Waals surface area contributed by atoms with Gasteiger partial charge in [-0.05, 0) is 23.6 Å². The van der Waals surface area contributed by atoms with Crippen molar-refractivity contribution in [3.63, 3.8) is 0 Å². The molecule has 3 aromatic rings. The van der Waals surface area contributed by atoms with E-state index < -0.39 is 11.7 Å². The molecule has 0 radical (unpaired) electrons. The minimum absolute atomic E-state index is 0.0829. The summed E-state index contributed by atoms with van der Waals surface area (Å²) in [5.41, 5.74) is 1.33. The number of likely N-dealkylation sites (tertiary alicyclic amines) is 1. The maximum atomic E-state index is 13.0. The largest absolute Gasteiger partial charge is 0.470 e. The van der Waals surface area contributed by atoms with Crippen molar-refractivity contribution in [2.75, 3.05) is 13.1 Å². The lowest BCUT2D eigenvalue weighted by atomic mass is 9.96. The van der Waals surface area contributed by atoms with Crippen LogP contribution in [-0.4, -0.2) is 33.7 Å². The first-order chi connectivity index (χ1) is 15.4. The fourth-order valence-electron chi connectivity index (χ4n) is 4.45. The van der Waals surface area contributed by atoms with E-state index in [1.54, 1.807) is 21.7 Å².